The van der Waals surface area contributed by atoms with Gasteiger partial charge in [-0.05, 0) is 89.0 Å². The van der Waals surface area contributed by atoms with Crippen LogP contribution in [0.15, 0.2) is 209 Å². The van der Waals surface area contributed by atoms with Crippen molar-refractivity contribution in [2.24, 2.45) is 0 Å². The van der Waals surface area contributed by atoms with E-state index in [1.54, 1.807) is 0 Å². The Morgan fingerprint density at radius 1 is 0.368 bits per heavy atom. The second-order valence-electron chi connectivity index (χ2n) is 14.2. The average molecular weight is 732 g/mol. The van der Waals surface area contributed by atoms with Gasteiger partial charge in [-0.1, -0.05) is 133 Å². The van der Waals surface area contributed by atoms with Crippen molar-refractivity contribution >= 4 is 61.1 Å². The fraction of sp³-hybridized carbons (Fsp3) is 0. The van der Waals surface area contributed by atoms with E-state index in [0.717, 1.165) is 83.4 Å². The lowest BCUT2D eigenvalue weighted by Crippen LogP contribution is -2.09. The number of fused-ring (bicyclic) bond motifs is 6. The predicted molar refractivity (Wildman–Crippen MR) is 233 cm³/mol. The first-order valence-electron chi connectivity index (χ1n) is 19.1. The summed E-state index contributed by atoms with van der Waals surface area (Å²) in [5, 5.41) is 2.94. The molecule has 0 bridgehead atoms. The molecule has 0 saturated heterocycles. The Kier molecular flexibility index (Phi) is 7.74. The standard InChI is InChI=1S/C52H33N3O2/c1-4-14-34(15-5-1)35-24-28-40(29-25-35)55(39-18-8-3-9-19-39)41-30-26-36(27-31-41)38-32-44(48-42-20-10-12-22-45(42)56-47(48)33-38)52-53-49(37-16-6-2-7-17-37)51-50(54-52)43-21-11-13-23-46(43)57-51/h1-33H. The molecule has 0 aliphatic carbocycles. The number of anilines is 3. The zero-order chi connectivity index (χ0) is 37.7. The van der Waals surface area contributed by atoms with Gasteiger partial charge in [-0.15, -0.1) is 0 Å². The van der Waals surface area contributed by atoms with Gasteiger partial charge >= 0.3 is 0 Å². The Labute approximate surface area is 328 Å². The van der Waals surface area contributed by atoms with Crippen molar-refractivity contribution in [3.63, 3.8) is 0 Å². The van der Waals surface area contributed by atoms with Crippen molar-refractivity contribution in [1.29, 1.82) is 0 Å². The highest BCUT2D eigenvalue weighted by atomic mass is 16.3. The van der Waals surface area contributed by atoms with Crippen LogP contribution in [0.2, 0.25) is 0 Å². The first kappa shape index (κ1) is 32.7. The van der Waals surface area contributed by atoms with Crippen molar-refractivity contribution in [2.75, 3.05) is 4.90 Å². The van der Waals surface area contributed by atoms with Crippen LogP contribution in [0.25, 0.3) is 88.9 Å². The molecule has 0 aliphatic heterocycles. The van der Waals surface area contributed by atoms with Crippen LogP contribution in [0.5, 0.6) is 0 Å². The number of hydrogen-bond donors (Lipinski definition) is 0. The number of para-hydroxylation sites is 3. The third-order valence-electron chi connectivity index (χ3n) is 10.7. The molecule has 0 radical (unpaired) electrons. The number of hydrogen-bond acceptors (Lipinski definition) is 5. The largest absolute Gasteiger partial charge is 0.456 e. The molecular formula is C52H33N3O2. The summed E-state index contributed by atoms with van der Waals surface area (Å²) in [5.74, 6) is 0.608. The highest BCUT2D eigenvalue weighted by Gasteiger charge is 2.22. The molecule has 0 saturated carbocycles. The maximum absolute atomic E-state index is 6.57. The molecule has 0 unspecified atom stereocenters. The molecule has 0 atom stereocenters. The van der Waals surface area contributed by atoms with Gasteiger partial charge in [0.15, 0.2) is 11.4 Å². The molecule has 57 heavy (non-hydrogen) atoms. The Balaban J connectivity index is 1.07. The third-order valence-corrected chi connectivity index (χ3v) is 10.7. The Bertz CT molecular complexity index is 3210. The van der Waals surface area contributed by atoms with Crippen LogP contribution in [0.4, 0.5) is 17.1 Å². The second kappa shape index (κ2) is 13.5. The zero-order valence-corrected chi connectivity index (χ0v) is 30.7. The van der Waals surface area contributed by atoms with Gasteiger partial charge in [-0.3, -0.25) is 0 Å². The topological polar surface area (TPSA) is 55.3 Å². The monoisotopic (exact) mass is 731 g/mol. The first-order chi connectivity index (χ1) is 28.2. The Morgan fingerprint density at radius 2 is 0.877 bits per heavy atom. The summed E-state index contributed by atoms with van der Waals surface area (Å²) >= 11 is 0. The van der Waals surface area contributed by atoms with E-state index in [1.807, 2.05) is 66.7 Å². The molecule has 0 fully saturated rings. The predicted octanol–water partition coefficient (Wildman–Crippen LogP) is 14.4. The number of benzene rings is 8. The molecule has 11 aromatic rings. The molecule has 3 heterocycles. The van der Waals surface area contributed by atoms with Gasteiger partial charge in [-0.2, -0.15) is 0 Å². The molecule has 3 aromatic heterocycles. The number of rotatable bonds is 7. The van der Waals surface area contributed by atoms with E-state index in [-0.39, 0.29) is 0 Å². The third kappa shape index (κ3) is 5.72. The van der Waals surface area contributed by atoms with E-state index in [9.17, 15) is 0 Å². The van der Waals surface area contributed by atoms with Crippen molar-refractivity contribution in [2.45, 2.75) is 0 Å². The van der Waals surface area contributed by atoms with Crippen LogP contribution < -0.4 is 4.90 Å². The van der Waals surface area contributed by atoms with Gasteiger partial charge in [0.05, 0.1) is 0 Å². The lowest BCUT2D eigenvalue weighted by atomic mass is 9.97. The molecule has 0 amide bonds. The fourth-order valence-electron chi connectivity index (χ4n) is 7.96. The quantitative estimate of drug-likeness (QED) is 0.163. The van der Waals surface area contributed by atoms with E-state index in [2.05, 4.69) is 138 Å². The fourth-order valence-corrected chi connectivity index (χ4v) is 7.96. The van der Waals surface area contributed by atoms with Crippen molar-refractivity contribution in [1.82, 2.24) is 9.97 Å². The summed E-state index contributed by atoms with van der Waals surface area (Å²) in [7, 11) is 0. The van der Waals surface area contributed by atoms with Gasteiger partial charge < -0.3 is 13.7 Å². The molecule has 5 nitrogen and oxygen atoms in total. The highest BCUT2D eigenvalue weighted by Crippen LogP contribution is 2.43. The lowest BCUT2D eigenvalue weighted by Gasteiger charge is -2.26. The van der Waals surface area contributed by atoms with E-state index in [4.69, 9.17) is 18.8 Å². The summed E-state index contributed by atoms with van der Waals surface area (Å²) in [4.78, 5) is 12.8. The molecule has 0 spiro atoms. The average Bonchev–Trinajstić information content (AvgIpc) is 3.86. The van der Waals surface area contributed by atoms with Gasteiger partial charge in [0.25, 0.3) is 0 Å². The van der Waals surface area contributed by atoms with Crippen LogP contribution in [0, 0.1) is 0 Å². The Morgan fingerprint density at radius 3 is 1.54 bits per heavy atom. The minimum absolute atomic E-state index is 0.608. The van der Waals surface area contributed by atoms with Crippen LogP contribution in [0.1, 0.15) is 0 Å². The maximum atomic E-state index is 6.57. The van der Waals surface area contributed by atoms with E-state index < -0.39 is 0 Å². The van der Waals surface area contributed by atoms with E-state index >= 15 is 0 Å². The van der Waals surface area contributed by atoms with Gasteiger partial charge in [-0.25, -0.2) is 9.97 Å². The van der Waals surface area contributed by atoms with E-state index in [0.29, 0.717) is 11.4 Å². The molecule has 8 aromatic carbocycles. The van der Waals surface area contributed by atoms with Crippen LogP contribution in [0.3, 0.4) is 0 Å². The molecule has 11 rings (SSSR count). The number of nitrogens with zero attached hydrogens (tertiary/aromatic N) is 3. The smallest absolute Gasteiger partial charge is 0.180 e. The van der Waals surface area contributed by atoms with Crippen molar-refractivity contribution in [3.05, 3.63) is 200 Å². The van der Waals surface area contributed by atoms with Crippen LogP contribution in [-0.2, 0) is 0 Å². The SMILES string of the molecule is c1ccc(-c2ccc(N(c3ccccc3)c3ccc(-c4cc(-c5nc(-c6ccccc6)c6oc7ccccc7c6n5)c5c(c4)oc4ccccc45)cc3)cc2)cc1. The number of furan rings is 2. The van der Waals surface area contributed by atoms with Gasteiger partial charge in [0, 0.05) is 44.3 Å². The van der Waals surface area contributed by atoms with Crippen LogP contribution >= 0.6 is 0 Å². The molecule has 0 aliphatic rings. The summed E-state index contributed by atoms with van der Waals surface area (Å²) in [6.45, 7) is 0. The van der Waals surface area contributed by atoms with Crippen molar-refractivity contribution < 1.29 is 8.83 Å². The maximum Gasteiger partial charge on any atom is 0.180 e. The first-order valence-corrected chi connectivity index (χ1v) is 19.1. The van der Waals surface area contributed by atoms with Crippen molar-refractivity contribution in [3.8, 4) is 44.9 Å². The molecule has 268 valence electrons. The minimum Gasteiger partial charge on any atom is -0.456 e. The molecule has 0 N–H and O–H groups in total. The zero-order valence-electron chi connectivity index (χ0n) is 30.7. The van der Waals surface area contributed by atoms with Gasteiger partial charge in [0.1, 0.15) is 28.0 Å². The normalized spacial score (nSPS) is 11.5. The van der Waals surface area contributed by atoms with Gasteiger partial charge in [0.2, 0.25) is 0 Å². The molecule has 5 heteroatoms. The summed E-state index contributed by atoms with van der Waals surface area (Å²) < 4.78 is 13.0. The summed E-state index contributed by atoms with van der Waals surface area (Å²) in [6.07, 6.45) is 0. The Hall–Kier alpha value is -7.76. The highest BCUT2D eigenvalue weighted by molar-refractivity contribution is 6.14. The lowest BCUT2D eigenvalue weighted by molar-refractivity contribution is 0.667. The summed E-state index contributed by atoms with van der Waals surface area (Å²) in [6, 6.07) is 69.2. The van der Waals surface area contributed by atoms with Crippen LogP contribution in [-0.4, -0.2) is 9.97 Å². The van der Waals surface area contributed by atoms with E-state index in [1.165, 1.54) is 11.1 Å². The number of aromatic nitrogens is 2. The second-order valence-corrected chi connectivity index (χ2v) is 14.2. The minimum atomic E-state index is 0.608. The summed E-state index contributed by atoms with van der Waals surface area (Å²) in [5.41, 5.74) is 14.1. The molecular weight excluding hydrogens is 699 g/mol.